The van der Waals surface area contributed by atoms with E-state index in [-0.39, 0.29) is 5.46 Å². The van der Waals surface area contributed by atoms with Crippen molar-refractivity contribution < 1.29 is 19.2 Å². The summed E-state index contributed by atoms with van der Waals surface area (Å²) >= 11 is 0. The van der Waals surface area contributed by atoms with E-state index in [4.69, 9.17) is 14.8 Å². The van der Waals surface area contributed by atoms with Crippen LogP contribution >= 0.6 is 0 Å². The summed E-state index contributed by atoms with van der Waals surface area (Å²) in [7, 11) is -1.68. The molecule has 3 nitrogen and oxygen atoms in total. The summed E-state index contributed by atoms with van der Waals surface area (Å²) < 4.78 is 19.8. The molecular weight excluding hydrogens is 306 g/mol. The molecule has 0 radical (unpaired) electrons. The van der Waals surface area contributed by atoms with E-state index in [0.29, 0.717) is 23.5 Å². The summed E-state index contributed by atoms with van der Waals surface area (Å²) in [6.45, 7) is 0.470. The Labute approximate surface area is 140 Å². The third kappa shape index (κ3) is 3.82. The highest BCUT2D eigenvalue weighted by molar-refractivity contribution is 6.58. The lowest BCUT2D eigenvalue weighted by Crippen LogP contribution is -2.29. The van der Waals surface area contributed by atoms with Gasteiger partial charge in [-0.2, -0.15) is 0 Å². The summed E-state index contributed by atoms with van der Waals surface area (Å²) in [6.07, 6.45) is 0. The Morgan fingerprint density at radius 3 is 2.21 bits per heavy atom. The Morgan fingerprint density at radius 1 is 0.875 bits per heavy atom. The summed E-state index contributed by atoms with van der Waals surface area (Å²) in [5.74, 6) is 0.198. The van der Waals surface area contributed by atoms with Crippen LogP contribution in [0.25, 0.3) is 11.1 Å². The minimum atomic E-state index is -1.68. The van der Waals surface area contributed by atoms with Crippen LogP contribution in [0.3, 0.4) is 0 Å². The molecule has 0 saturated carbocycles. The average Bonchev–Trinajstić information content (AvgIpc) is 2.61. The molecule has 0 bridgehead atoms. The molecule has 3 aromatic rings. The topological polar surface area (TPSA) is 49.7 Å². The molecular formula is C19H16BFO3. The predicted molar refractivity (Wildman–Crippen MR) is 92.4 cm³/mol. The van der Waals surface area contributed by atoms with E-state index >= 15 is 0 Å². The van der Waals surface area contributed by atoms with Crippen molar-refractivity contribution in [2.75, 3.05) is 0 Å². The monoisotopic (exact) mass is 322 g/mol. The first-order valence-corrected chi connectivity index (χ1v) is 7.56. The fraction of sp³-hybridized carbons (Fsp3) is 0.0526. The normalized spacial score (nSPS) is 10.5. The third-order valence-electron chi connectivity index (χ3n) is 3.70. The molecule has 0 saturated heterocycles. The van der Waals surface area contributed by atoms with Crippen LogP contribution in [-0.2, 0) is 6.61 Å². The second-order valence-electron chi connectivity index (χ2n) is 5.41. The molecule has 120 valence electrons. The quantitative estimate of drug-likeness (QED) is 0.710. The lowest BCUT2D eigenvalue weighted by molar-refractivity contribution is 0.306. The van der Waals surface area contributed by atoms with Crippen LogP contribution in [0.15, 0.2) is 72.8 Å². The maximum atomic E-state index is 14.1. The van der Waals surface area contributed by atoms with Crippen molar-refractivity contribution >= 4 is 12.6 Å². The summed E-state index contributed by atoms with van der Waals surface area (Å²) in [5.41, 5.74) is 2.29. The van der Waals surface area contributed by atoms with Crippen LogP contribution in [0.2, 0.25) is 0 Å². The number of halogens is 1. The fourth-order valence-electron chi connectivity index (χ4n) is 2.40. The van der Waals surface area contributed by atoms with Crippen molar-refractivity contribution in [3.05, 3.63) is 84.2 Å². The van der Waals surface area contributed by atoms with Gasteiger partial charge in [-0.25, -0.2) is 4.39 Å². The maximum Gasteiger partial charge on any atom is 0.488 e. The van der Waals surface area contributed by atoms with Crippen LogP contribution in [0.1, 0.15) is 5.56 Å². The Bertz CT molecular complexity index is 805. The zero-order valence-electron chi connectivity index (χ0n) is 12.9. The van der Waals surface area contributed by atoms with Crippen molar-refractivity contribution in [1.29, 1.82) is 0 Å². The highest BCUT2D eigenvalue weighted by atomic mass is 19.1. The first kappa shape index (κ1) is 16.2. The van der Waals surface area contributed by atoms with Crippen molar-refractivity contribution in [1.82, 2.24) is 0 Å². The number of hydrogen-bond donors (Lipinski definition) is 2. The van der Waals surface area contributed by atoms with Gasteiger partial charge in [0.2, 0.25) is 0 Å². The standard InChI is InChI=1S/C19H16BFO3/c21-19-12-16(20(22)23)8-11-18(19)15-6-9-17(10-7-15)24-13-14-4-2-1-3-5-14/h1-12,22-23H,13H2. The number of rotatable bonds is 5. The molecule has 0 amide bonds. The molecule has 3 rings (SSSR count). The van der Waals surface area contributed by atoms with E-state index in [0.717, 1.165) is 11.6 Å². The molecule has 0 heterocycles. The van der Waals surface area contributed by atoms with Crippen LogP contribution < -0.4 is 10.2 Å². The molecule has 0 aliphatic carbocycles. The maximum absolute atomic E-state index is 14.1. The van der Waals surface area contributed by atoms with E-state index in [1.165, 1.54) is 12.1 Å². The van der Waals surface area contributed by atoms with Gasteiger partial charge in [-0.05, 0) is 34.8 Å². The summed E-state index contributed by atoms with van der Waals surface area (Å²) in [5, 5.41) is 18.1. The lowest BCUT2D eigenvalue weighted by Gasteiger charge is -2.09. The van der Waals surface area contributed by atoms with Crippen LogP contribution in [-0.4, -0.2) is 17.2 Å². The van der Waals surface area contributed by atoms with E-state index in [2.05, 4.69) is 0 Å². The predicted octanol–water partition coefficient (Wildman–Crippen LogP) is 2.75. The lowest BCUT2D eigenvalue weighted by atomic mass is 9.79. The molecule has 24 heavy (non-hydrogen) atoms. The van der Waals surface area contributed by atoms with E-state index < -0.39 is 12.9 Å². The molecule has 3 aromatic carbocycles. The number of hydrogen-bond acceptors (Lipinski definition) is 3. The van der Waals surface area contributed by atoms with Gasteiger partial charge >= 0.3 is 7.12 Å². The van der Waals surface area contributed by atoms with E-state index in [9.17, 15) is 4.39 Å². The van der Waals surface area contributed by atoms with Gasteiger partial charge in [0.25, 0.3) is 0 Å². The van der Waals surface area contributed by atoms with Gasteiger partial charge in [-0.1, -0.05) is 54.6 Å². The second kappa shape index (κ2) is 7.30. The van der Waals surface area contributed by atoms with Gasteiger partial charge in [-0.15, -0.1) is 0 Å². The van der Waals surface area contributed by atoms with Crippen molar-refractivity contribution in [3.63, 3.8) is 0 Å². The fourth-order valence-corrected chi connectivity index (χ4v) is 2.40. The van der Waals surface area contributed by atoms with E-state index in [1.807, 2.05) is 30.3 Å². The smallest absolute Gasteiger partial charge is 0.488 e. The molecule has 5 heteroatoms. The van der Waals surface area contributed by atoms with Gasteiger partial charge in [0.15, 0.2) is 0 Å². The van der Waals surface area contributed by atoms with Crippen molar-refractivity contribution in [2.24, 2.45) is 0 Å². The first-order valence-electron chi connectivity index (χ1n) is 7.56. The SMILES string of the molecule is OB(O)c1ccc(-c2ccc(OCc3ccccc3)cc2)c(F)c1. The first-order chi connectivity index (χ1) is 11.6. The van der Waals surface area contributed by atoms with Crippen LogP contribution in [0.4, 0.5) is 4.39 Å². The molecule has 0 aliphatic heterocycles. The van der Waals surface area contributed by atoms with E-state index in [1.54, 1.807) is 24.3 Å². The summed E-state index contributed by atoms with van der Waals surface area (Å²) in [4.78, 5) is 0. The molecule has 0 aliphatic rings. The van der Waals surface area contributed by atoms with Gasteiger partial charge in [0, 0.05) is 5.56 Å². The van der Waals surface area contributed by atoms with Crippen LogP contribution in [0.5, 0.6) is 5.75 Å². The minimum Gasteiger partial charge on any atom is -0.489 e. The molecule has 2 N–H and O–H groups in total. The largest absolute Gasteiger partial charge is 0.489 e. The Hall–Kier alpha value is -2.63. The van der Waals surface area contributed by atoms with Gasteiger partial charge < -0.3 is 14.8 Å². The zero-order chi connectivity index (χ0) is 16.9. The molecule has 0 fully saturated rings. The average molecular weight is 322 g/mol. The Morgan fingerprint density at radius 2 is 1.58 bits per heavy atom. The highest BCUT2D eigenvalue weighted by Gasteiger charge is 2.14. The van der Waals surface area contributed by atoms with Gasteiger partial charge in [0.05, 0.1) is 0 Å². The van der Waals surface area contributed by atoms with Crippen molar-refractivity contribution in [2.45, 2.75) is 6.61 Å². The third-order valence-corrected chi connectivity index (χ3v) is 3.70. The molecule has 0 aromatic heterocycles. The number of ether oxygens (including phenoxy) is 1. The Balaban J connectivity index is 1.72. The second-order valence-corrected chi connectivity index (χ2v) is 5.41. The zero-order valence-corrected chi connectivity index (χ0v) is 12.9. The van der Waals surface area contributed by atoms with Gasteiger partial charge in [0.1, 0.15) is 18.2 Å². The molecule has 0 spiro atoms. The highest BCUT2D eigenvalue weighted by Crippen LogP contribution is 2.24. The summed E-state index contributed by atoms with van der Waals surface area (Å²) in [6, 6.07) is 21.1. The van der Waals surface area contributed by atoms with Crippen molar-refractivity contribution in [3.8, 4) is 16.9 Å². The molecule has 0 unspecified atom stereocenters. The Kier molecular flexibility index (Phi) is 4.94. The van der Waals surface area contributed by atoms with Gasteiger partial charge in [-0.3, -0.25) is 0 Å². The minimum absolute atomic E-state index is 0.124. The molecule has 0 atom stereocenters. The number of benzene rings is 3. The van der Waals surface area contributed by atoms with Crippen LogP contribution in [0, 0.1) is 5.82 Å².